The van der Waals surface area contributed by atoms with E-state index >= 15 is 0 Å². The van der Waals surface area contributed by atoms with Crippen molar-refractivity contribution >= 4 is 39.0 Å². The van der Waals surface area contributed by atoms with E-state index in [0.717, 1.165) is 27.7 Å². The molecule has 0 saturated heterocycles. The van der Waals surface area contributed by atoms with Crippen LogP contribution in [0.15, 0.2) is 60.7 Å². The molecule has 0 bridgehead atoms. The first-order chi connectivity index (χ1) is 13.7. The van der Waals surface area contributed by atoms with Gasteiger partial charge in [-0.15, -0.1) is 0 Å². The van der Waals surface area contributed by atoms with Crippen LogP contribution in [-0.4, -0.2) is 25.1 Å². The number of ether oxygens (including phenoxy) is 1. The number of para-hydroxylation sites is 1. The molecular weight excluding hydrogens is 348 g/mol. The number of pyridine rings is 1. The van der Waals surface area contributed by atoms with Gasteiger partial charge in [-0.2, -0.15) is 0 Å². The molecule has 0 saturated carbocycles. The summed E-state index contributed by atoms with van der Waals surface area (Å²) in [5.74, 6) is -0.187. The molecule has 0 amide bonds. The van der Waals surface area contributed by atoms with E-state index in [1.165, 1.54) is 29.3 Å². The normalized spacial score (nSPS) is 12.3. The van der Waals surface area contributed by atoms with E-state index in [2.05, 4.69) is 72.6 Å². The van der Waals surface area contributed by atoms with Crippen molar-refractivity contribution in [3.63, 3.8) is 0 Å². The lowest BCUT2D eigenvalue weighted by Gasteiger charge is -2.30. The first-order valence-corrected chi connectivity index (χ1v) is 9.42. The zero-order chi connectivity index (χ0) is 19.3. The van der Waals surface area contributed by atoms with Gasteiger partial charge in [0.2, 0.25) is 0 Å². The van der Waals surface area contributed by atoms with Gasteiger partial charge in [0, 0.05) is 29.8 Å². The number of carbonyl (C=O) groups is 1. The molecule has 0 N–H and O–H groups in total. The smallest absolute Gasteiger partial charge is 0.305 e. The minimum Gasteiger partial charge on any atom is -0.469 e. The third kappa shape index (κ3) is 2.45. The molecule has 2 heterocycles. The molecule has 0 spiro atoms. The topological polar surface area (TPSA) is 42.4 Å². The van der Waals surface area contributed by atoms with Crippen LogP contribution in [0.1, 0.15) is 12.0 Å². The standard InChI is InChI=1S/C24H20N2O2/c1-26-20-8-4-3-6-17(20)24-23-16(7-5-9-21(23)26)18-14-15(10-12-19(18)25-24)11-13-22(27)28-2/h3-10,12,14H,11,13H2,1-2H3. The maximum absolute atomic E-state index is 11.5. The van der Waals surface area contributed by atoms with Crippen molar-refractivity contribution < 1.29 is 9.53 Å². The minimum absolute atomic E-state index is 0.187. The Labute approximate surface area is 163 Å². The Balaban J connectivity index is 1.76. The van der Waals surface area contributed by atoms with Crippen LogP contribution in [0.5, 0.6) is 0 Å². The summed E-state index contributed by atoms with van der Waals surface area (Å²) in [5.41, 5.74) is 6.62. The number of aryl methyl sites for hydroxylation is 1. The summed E-state index contributed by atoms with van der Waals surface area (Å²) in [7, 11) is 3.53. The Hall–Kier alpha value is -3.40. The number of esters is 1. The highest BCUT2D eigenvalue weighted by atomic mass is 16.5. The number of benzene rings is 3. The van der Waals surface area contributed by atoms with Gasteiger partial charge in [-0.25, -0.2) is 4.98 Å². The minimum atomic E-state index is -0.187. The van der Waals surface area contributed by atoms with Crippen molar-refractivity contribution in [2.45, 2.75) is 12.8 Å². The summed E-state index contributed by atoms with van der Waals surface area (Å²) in [6.45, 7) is 0. The number of fused-ring (bicyclic) bond motifs is 4. The van der Waals surface area contributed by atoms with Gasteiger partial charge >= 0.3 is 5.97 Å². The first-order valence-electron chi connectivity index (χ1n) is 9.42. The number of rotatable bonds is 3. The van der Waals surface area contributed by atoms with Crippen molar-refractivity contribution in [2.24, 2.45) is 0 Å². The van der Waals surface area contributed by atoms with Crippen molar-refractivity contribution in [3.05, 3.63) is 66.2 Å². The molecule has 0 unspecified atom stereocenters. The van der Waals surface area contributed by atoms with Crippen LogP contribution in [-0.2, 0) is 16.0 Å². The zero-order valence-corrected chi connectivity index (χ0v) is 15.9. The fourth-order valence-electron chi connectivity index (χ4n) is 4.16. The SMILES string of the molecule is COC(=O)CCc1ccc2nc3c4c(cccc4c2c1)N(C)c1ccccc1-3. The number of carbonyl (C=O) groups excluding carboxylic acids is 1. The lowest BCUT2D eigenvalue weighted by Crippen LogP contribution is -2.15. The predicted octanol–water partition coefficient (Wildman–Crippen LogP) is 5.24. The summed E-state index contributed by atoms with van der Waals surface area (Å²) in [4.78, 5) is 18.8. The molecule has 1 aliphatic heterocycles. The van der Waals surface area contributed by atoms with Crippen LogP contribution >= 0.6 is 0 Å². The molecule has 3 aromatic carbocycles. The lowest BCUT2D eigenvalue weighted by molar-refractivity contribution is -0.140. The molecule has 28 heavy (non-hydrogen) atoms. The van der Waals surface area contributed by atoms with E-state index in [4.69, 9.17) is 9.72 Å². The summed E-state index contributed by atoms with van der Waals surface area (Å²) in [6, 6.07) is 21.1. The Kier molecular flexibility index (Phi) is 3.79. The maximum atomic E-state index is 11.5. The highest BCUT2D eigenvalue weighted by molar-refractivity contribution is 6.18. The van der Waals surface area contributed by atoms with Gasteiger partial charge in [0.1, 0.15) is 0 Å². The number of aromatic nitrogens is 1. The van der Waals surface area contributed by atoms with Crippen LogP contribution in [0.3, 0.4) is 0 Å². The summed E-state index contributed by atoms with van der Waals surface area (Å²) in [6.07, 6.45) is 1.04. The van der Waals surface area contributed by atoms with Crippen molar-refractivity contribution in [2.75, 3.05) is 19.1 Å². The van der Waals surface area contributed by atoms with Gasteiger partial charge in [-0.1, -0.05) is 36.4 Å². The molecule has 5 rings (SSSR count). The fourth-order valence-corrected chi connectivity index (χ4v) is 4.16. The second-order valence-corrected chi connectivity index (χ2v) is 7.16. The van der Waals surface area contributed by atoms with Crippen LogP contribution in [0.25, 0.3) is 32.9 Å². The van der Waals surface area contributed by atoms with Crippen molar-refractivity contribution in [3.8, 4) is 11.3 Å². The predicted molar refractivity (Wildman–Crippen MR) is 113 cm³/mol. The summed E-state index contributed by atoms with van der Waals surface area (Å²) in [5, 5.41) is 3.50. The van der Waals surface area contributed by atoms with Gasteiger partial charge in [0.15, 0.2) is 0 Å². The maximum Gasteiger partial charge on any atom is 0.305 e. The van der Waals surface area contributed by atoms with Gasteiger partial charge in [-0.3, -0.25) is 4.79 Å². The Bertz CT molecular complexity index is 1250. The van der Waals surface area contributed by atoms with Crippen LogP contribution in [0, 0.1) is 0 Å². The highest BCUT2D eigenvalue weighted by Gasteiger charge is 2.24. The molecule has 4 nitrogen and oxygen atoms in total. The van der Waals surface area contributed by atoms with Gasteiger partial charge in [0.05, 0.1) is 29.7 Å². The van der Waals surface area contributed by atoms with Crippen LogP contribution in [0.4, 0.5) is 11.4 Å². The third-order valence-electron chi connectivity index (χ3n) is 5.59. The molecule has 0 radical (unpaired) electrons. The second kappa shape index (κ2) is 6.34. The quantitative estimate of drug-likeness (QED) is 0.366. The molecule has 1 aliphatic rings. The van der Waals surface area contributed by atoms with E-state index in [1.54, 1.807) is 0 Å². The molecular formula is C24H20N2O2. The summed E-state index contributed by atoms with van der Waals surface area (Å²) >= 11 is 0. The molecule has 4 heteroatoms. The highest BCUT2D eigenvalue weighted by Crippen LogP contribution is 2.47. The Morgan fingerprint density at radius 3 is 2.68 bits per heavy atom. The van der Waals surface area contributed by atoms with E-state index in [-0.39, 0.29) is 5.97 Å². The third-order valence-corrected chi connectivity index (χ3v) is 5.59. The number of hydrogen-bond acceptors (Lipinski definition) is 4. The van der Waals surface area contributed by atoms with E-state index < -0.39 is 0 Å². The molecule has 0 atom stereocenters. The average molecular weight is 368 g/mol. The lowest BCUT2D eigenvalue weighted by atomic mass is 9.93. The first kappa shape index (κ1) is 16.8. The van der Waals surface area contributed by atoms with Crippen LogP contribution in [0.2, 0.25) is 0 Å². The van der Waals surface area contributed by atoms with E-state index in [0.29, 0.717) is 12.8 Å². The second-order valence-electron chi connectivity index (χ2n) is 7.16. The number of anilines is 2. The Morgan fingerprint density at radius 2 is 1.82 bits per heavy atom. The number of hydrogen-bond donors (Lipinski definition) is 0. The molecule has 0 aliphatic carbocycles. The molecule has 1 aromatic heterocycles. The average Bonchev–Trinajstić information content (AvgIpc) is 2.75. The fraction of sp³-hybridized carbons (Fsp3) is 0.167. The Morgan fingerprint density at radius 1 is 1.00 bits per heavy atom. The van der Waals surface area contributed by atoms with Gasteiger partial charge in [-0.05, 0) is 41.6 Å². The largest absolute Gasteiger partial charge is 0.469 e. The van der Waals surface area contributed by atoms with Gasteiger partial charge in [0.25, 0.3) is 0 Å². The monoisotopic (exact) mass is 368 g/mol. The van der Waals surface area contributed by atoms with E-state index in [9.17, 15) is 4.79 Å². The molecule has 138 valence electrons. The number of nitrogens with zero attached hydrogens (tertiary/aromatic N) is 2. The van der Waals surface area contributed by atoms with Gasteiger partial charge < -0.3 is 9.64 Å². The van der Waals surface area contributed by atoms with E-state index in [1.807, 2.05) is 0 Å². The van der Waals surface area contributed by atoms with Crippen molar-refractivity contribution in [1.82, 2.24) is 4.98 Å². The van der Waals surface area contributed by atoms with Crippen molar-refractivity contribution in [1.29, 1.82) is 0 Å². The number of methoxy groups -OCH3 is 1. The molecule has 4 aromatic rings. The molecule has 0 fully saturated rings. The zero-order valence-electron chi connectivity index (χ0n) is 15.9. The summed E-state index contributed by atoms with van der Waals surface area (Å²) < 4.78 is 4.77. The van der Waals surface area contributed by atoms with Crippen LogP contribution < -0.4 is 4.90 Å².